The van der Waals surface area contributed by atoms with Crippen molar-refractivity contribution in [1.82, 2.24) is 15.6 Å². The minimum atomic E-state index is -0.257. The van der Waals surface area contributed by atoms with Crippen LogP contribution < -0.4 is 10.6 Å². The lowest BCUT2D eigenvalue weighted by molar-refractivity contribution is -0.122. The van der Waals surface area contributed by atoms with Gasteiger partial charge in [0.2, 0.25) is 5.91 Å². The molecule has 2 heterocycles. The maximum atomic E-state index is 13.1. The van der Waals surface area contributed by atoms with Crippen LogP contribution in [-0.2, 0) is 4.79 Å². The predicted octanol–water partition coefficient (Wildman–Crippen LogP) is 3.95. The first-order valence-corrected chi connectivity index (χ1v) is 10.3. The summed E-state index contributed by atoms with van der Waals surface area (Å²) in [4.78, 5) is 17.9. The van der Waals surface area contributed by atoms with E-state index in [1.54, 1.807) is 23.5 Å². The number of nitrogens with zero attached hydrogens (tertiary/aromatic N) is 1. The molecule has 0 spiro atoms. The third kappa shape index (κ3) is 5.42. The second-order valence-electron chi connectivity index (χ2n) is 6.19. The van der Waals surface area contributed by atoms with Gasteiger partial charge in [-0.25, -0.2) is 9.37 Å². The second-order valence-corrected chi connectivity index (χ2v) is 8.38. The first kappa shape index (κ1) is 21.2. The standard InChI is InChI=1S/C18H22FN3OS2.ClH/c1-11(21-16(23)9-15-10-24-8-7-20-15)17-12(2)22-18(25-17)13-3-5-14(19)6-4-13;/h3-6,11,15,20H,7-10H2,1-2H3,(H,21,23);1H. The molecule has 4 nitrogen and oxygen atoms in total. The monoisotopic (exact) mass is 415 g/mol. The Balaban J connectivity index is 0.00000243. The molecule has 1 amide bonds. The third-order valence-electron chi connectivity index (χ3n) is 4.12. The van der Waals surface area contributed by atoms with Gasteiger partial charge in [0.1, 0.15) is 10.8 Å². The van der Waals surface area contributed by atoms with Gasteiger partial charge in [0.25, 0.3) is 0 Å². The molecule has 8 heteroatoms. The van der Waals surface area contributed by atoms with Crippen LogP contribution in [0.4, 0.5) is 4.39 Å². The van der Waals surface area contributed by atoms with E-state index in [0.29, 0.717) is 6.42 Å². The van der Waals surface area contributed by atoms with Crippen LogP contribution in [0, 0.1) is 12.7 Å². The minimum Gasteiger partial charge on any atom is -0.349 e. The van der Waals surface area contributed by atoms with Crippen LogP contribution in [0.1, 0.15) is 30.0 Å². The summed E-state index contributed by atoms with van der Waals surface area (Å²) in [5, 5.41) is 7.31. The molecule has 26 heavy (non-hydrogen) atoms. The summed E-state index contributed by atoms with van der Waals surface area (Å²) in [7, 11) is 0. The van der Waals surface area contributed by atoms with Crippen molar-refractivity contribution in [2.24, 2.45) is 0 Å². The third-order valence-corrected chi connectivity index (χ3v) is 6.64. The molecule has 2 unspecified atom stereocenters. The van der Waals surface area contributed by atoms with Crippen molar-refractivity contribution in [1.29, 1.82) is 0 Å². The average Bonchev–Trinajstić information content (AvgIpc) is 2.98. The van der Waals surface area contributed by atoms with Crippen LogP contribution in [0.15, 0.2) is 24.3 Å². The molecule has 1 aliphatic rings. The van der Waals surface area contributed by atoms with Crippen molar-refractivity contribution in [2.45, 2.75) is 32.4 Å². The lowest BCUT2D eigenvalue weighted by atomic mass is 10.2. The maximum absolute atomic E-state index is 13.1. The van der Waals surface area contributed by atoms with Gasteiger partial charge < -0.3 is 10.6 Å². The van der Waals surface area contributed by atoms with E-state index in [1.807, 2.05) is 25.6 Å². The molecule has 142 valence electrons. The summed E-state index contributed by atoms with van der Waals surface area (Å²) < 4.78 is 13.1. The molecular formula is C18H23ClFN3OS2. The molecule has 0 bridgehead atoms. The van der Waals surface area contributed by atoms with E-state index < -0.39 is 0 Å². The zero-order valence-corrected chi connectivity index (χ0v) is 17.2. The Labute approximate surface area is 167 Å². The zero-order chi connectivity index (χ0) is 17.8. The van der Waals surface area contributed by atoms with Gasteiger partial charge >= 0.3 is 0 Å². The fourth-order valence-corrected chi connectivity index (χ4v) is 4.89. The Kier molecular flexibility index (Phi) is 7.88. The first-order chi connectivity index (χ1) is 12.0. The van der Waals surface area contributed by atoms with Crippen LogP contribution >= 0.6 is 35.5 Å². The molecule has 0 saturated carbocycles. The Morgan fingerprint density at radius 3 is 2.81 bits per heavy atom. The van der Waals surface area contributed by atoms with Crippen molar-refractivity contribution in [3.63, 3.8) is 0 Å². The average molecular weight is 416 g/mol. The van der Waals surface area contributed by atoms with Crippen molar-refractivity contribution >= 4 is 41.4 Å². The molecule has 2 aromatic rings. The van der Waals surface area contributed by atoms with E-state index in [-0.39, 0.29) is 36.2 Å². The number of hydrogen-bond donors (Lipinski definition) is 2. The fourth-order valence-electron chi connectivity index (χ4n) is 2.87. The smallest absolute Gasteiger partial charge is 0.222 e. The number of aromatic nitrogens is 1. The van der Waals surface area contributed by atoms with Crippen LogP contribution in [0.3, 0.4) is 0 Å². The van der Waals surface area contributed by atoms with E-state index in [1.165, 1.54) is 12.1 Å². The summed E-state index contributed by atoms with van der Waals surface area (Å²) in [5.41, 5.74) is 1.80. The van der Waals surface area contributed by atoms with Crippen LogP contribution in [0.2, 0.25) is 0 Å². The number of rotatable bonds is 5. The summed E-state index contributed by atoms with van der Waals surface area (Å²) in [6.07, 6.45) is 0.500. The molecule has 0 aliphatic carbocycles. The number of benzene rings is 1. The molecule has 3 rings (SSSR count). The number of thiazole rings is 1. The fraction of sp³-hybridized carbons (Fsp3) is 0.444. The topological polar surface area (TPSA) is 54.0 Å². The van der Waals surface area contributed by atoms with E-state index in [9.17, 15) is 9.18 Å². The molecule has 2 N–H and O–H groups in total. The number of halogens is 2. The number of nitrogens with one attached hydrogen (secondary N) is 2. The van der Waals surface area contributed by atoms with E-state index in [4.69, 9.17) is 0 Å². The normalized spacial score (nSPS) is 18.0. The van der Waals surface area contributed by atoms with Crippen LogP contribution in [0.5, 0.6) is 0 Å². The summed E-state index contributed by atoms with van der Waals surface area (Å²) in [6, 6.07) is 6.50. The number of thioether (sulfide) groups is 1. The highest BCUT2D eigenvalue weighted by molar-refractivity contribution is 7.99. The van der Waals surface area contributed by atoms with Crippen LogP contribution in [0.25, 0.3) is 10.6 Å². The highest BCUT2D eigenvalue weighted by atomic mass is 35.5. The Bertz CT molecular complexity index is 733. The summed E-state index contributed by atoms with van der Waals surface area (Å²) >= 11 is 3.43. The molecule has 1 aromatic heterocycles. The van der Waals surface area contributed by atoms with Gasteiger partial charge in [-0.15, -0.1) is 23.7 Å². The van der Waals surface area contributed by atoms with Crippen molar-refractivity contribution in [3.8, 4) is 10.6 Å². The molecule has 1 aromatic carbocycles. The summed E-state index contributed by atoms with van der Waals surface area (Å²) in [5.74, 6) is 1.90. The molecule has 1 saturated heterocycles. The minimum absolute atomic E-state index is 0. The molecule has 1 aliphatic heterocycles. The van der Waals surface area contributed by atoms with Crippen molar-refractivity contribution < 1.29 is 9.18 Å². The molecule has 1 fully saturated rings. The number of aryl methyl sites for hydroxylation is 1. The number of carbonyl (C=O) groups is 1. The largest absolute Gasteiger partial charge is 0.349 e. The van der Waals surface area contributed by atoms with E-state index in [2.05, 4.69) is 15.6 Å². The molecular weight excluding hydrogens is 393 g/mol. The van der Waals surface area contributed by atoms with Crippen molar-refractivity contribution in [3.05, 3.63) is 40.7 Å². The maximum Gasteiger partial charge on any atom is 0.222 e. The van der Waals surface area contributed by atoms with Gasteiger partial charge in [0.15, 0.2) is 0 Å². The lowest BCUT2D eigenvalue weighted by Gasteiger charge is -2.23. The van der Waals surface area contributed by atoms with Gasteiger partial charge in [-0.05, 0) is 38.1 Å². The van der Waals surface area contributed by atoms with E-state index >= 15 is 0 Å². The first-order valence-electron chi connectivity index (χ1n) is 8.36. The molecule has 0 radical (unpaired) electrons. The zero-order valence-electron chi connectivity index (χ0n) is 14.8. The quantitative estimate of drug-likeness (QED) is 0.776. The predicted molar refractivity (Wildman–Crippen MR) is 110 cm³/mol. The van der Waals surface area contributed by atoms with Crippen molar-refractivity contribution in [2.75, 3.05) is 18.1 Å². The SMILES string of the molecule is Cc1nc(-c2ccc(F)cc2)sc1C(C)NC(=O)CC1CSCCN1.Cl. The van der Waals surface area contributed by atoms with E-state index in [0.717, 1.165) is 39.2 Å². The van der Waals surface area contributed by atoms with Gasteiger partial charge in [-0.2, -0.15) is 11.8 Å². The van der Waals surface area contributed by atoms with Crippen LogP contribution in [-0.4, -0.2) is 35.0 Å². The Morgan fingerprint density at radius 1 is 1.42 bits per heavy atom. The lowest BCUT2D eigenvalue weighted by Crippen LogP contribution is -2.41. The Hall–Kier alpha value is -1.15. The summed E-state index contributed by atoms with van der Waals surface area (Å²) in [6.45, 7) is 4.89. The molecule has 2 atom stereocenters. The highest BCUT2D eigenvalue weighted by Gasteiger charge is 2.20. The Morgan fingerprint density at radius 2 is 2.15 bits per heavy atom. The van der Waals surface area contributed by atoms with Gasteiger partial charge in [0.05, 0.1) is 16.6 Å². The van der Waals surface area contributed by atoms with Gasteiger partial charge in [-0.3, -0.25) is 4.79 Å². The van der Waals surface area contributed by atoms with Gasteiger partial charge in [0, 0.05) is 36.1 Å². The second kappa shape index (κ2) is 9.69. The number of hydrogen-bond acceptors (Lipinski definition) is 5. The number of carbonyl (C=O) groups excluding carboxylic acids is 1. The van der Waals surface area contributed by atoms with Gasteiger partial charge in [-0.1, -0.05) is 0 Å². The highest BCUT2D eigenvalue weighted by Crippen LogP contribution is 2.31. The number of amides is 1.